The summed E-state index contributed by atoms with van der Waals surface area (Å²) < 4.78 is 176. The summed E-state index contributed by atoms with van der Waals surface area (Å²) in [6.07, 6.45) is -28.0. The number of ether oxygens (including phenoxy) is 2. The molecule has 0 heterocycles. The monoisotopic (exact) mass is 707 g/mol. The van der Waals surface area contributed by atoms with E-state index in [4.69, 9.17) is 11.6 Å². The number of benzene rings is 2. The average molecular weight is 708 g/mol. The van der Waals surface area contributed by atoms with Crippen molar-refractivity contribution in [3.63, 3.8) is 0 Å². The topological polar surface area (TPSA) is 47.6 Å². The van der Waals surface area contributed by atoms with Crippen LogP contribution in [-0.4, -0.2) is 36.5 Å². The van der Waals surface area contributed by atoms with Crippen LogP contribution in [0, 0.1) is 3.57 Å². The lowest BCUT2D eigenvalue weighted by molar-refractivity contribution is -0.535. The lowest BCUT2D eigenvalue weighted by Crippen LogP contribution is -2.61. The zero-order chi connectivity index (χ0) is 29.5. The second-order valence-corrected chi connectivity index (χ2v) is 8.66. The van der Waals surface area contributed by atoms with Crippen LogP contribution in [0.5, 0.6) is 0 Å². The fraction of sp³-hybridized carbons (Fsp3) is 0.316. The van der Waals surface area contributed by atoms with E-state index in [1.807, 2.05) is 10.1 Å². The molecule has 0 aliphatic heterocycles. The molecule has 0 fully saturated rings. The molecule has 0 spiro atoms. The van der Waals surface area contributed by atoms with Crippen LogP contribution in [0.3, 0.4) is 0 Å². The lowest BCUT2D eigenvalue weighted by atomic mass is 10.1. The van der Waals surface area contributed by atoms with Gasteiger partial charge in [-0.2, -0.15) is 43.9 Å². The van der Waals surface area contributed by atoms with Gasteiger partial charge in [-0.3, -0.25) is 4.79 Å². The number of alkyl halides is 13. The molecule has 1 amide bonds. The third kappa shape index (κ3) is 6.74. The highest BCUT2D eigenvalue weighted by atomic mass is 127. The Morgan fingerprint density at radius 3 is 1.87 bits per heavy atom. The van der Waals surface area contributed by atoms with E-state index in [2.05, 4.69) is 0 Å². The summed E-state index contributed by atoms with van der Waals surface area (Å²) in [5.74, 6) is -14.6. The van der Waals surface area contributed by atoms with E-state index in [9.17, 15) is 61.9 Å². The maximum atomic E-state index is 14.4. The average Bonchev–Trinajstić information content (AvgIpc) is 2.72. The van der Waals surface area contributed by atoms with Crippen LogP contribution < -0.4 is 5.32 Å². The van der Waals surface area contributed by atoms with Gasteiger partial charge in [-0.1, -0.05) is 23.7 Å². The maximum absolute atomic E-state index is 14.4. The number of hydrogen-bond donors (Lipinski definition) is 1. The van der Waals surface area contributed by atoms with Crippen LogP contribution >= 0.6 is 34.2 Å². The molecule has 2 aromatic rings. The van der Waals surface area contributed by atoms with Crippen molar-refractivity contribution in [2.24, 2.45) is 0 Å². The Kier molecular flexibility index (Phi) is 8.88. The van der Waals surface area contributed by atoms with Crippen LogP contribution in [0.1, 0.15) is 15.9 Å². The molecule has 0 saturated heterocycles. The Bertz CT molecular complexity index is 1190. The summed E-state index contributed by atoms with van der Waals surface area (Å²) in [4.78, 5) is 12.3. The van der Waals surface area contributed by atoms with Crippen LogP contribution in [-0.2, 0) is 15.4 Å². The second-order valence-electron chi connectivity index (χ2n) is 7.01. The number of carbonyl (C=O) groups is 1. The van der Waals surface area contributed by atoms with Gasteiger partial charge in [0.25, 0.3) is 5.91 Å². The van der Waals surface area contributed by atoms with Crippen molar-refractivity contribution in [2.75, 3.05) is 5.32 Å². The Hall–Kier alpha value is -2.06. The van der Waals surface area contributed by atoms with Gasteiger partial charge in [-0.15, -0.1) is 13.2 Å². The highest BCUT2D eigenvalue weighted by Gasteiger charge is 2.80. The summed E-state index contributed by atoms with van der Waals surface area (Å²) in [6.45, 7) is 0. The molecule has 0 bridgehead atoms. The molecule has 19 heteroatoms. The first-order valence-corrected chi connectivity index (χ1v) is 10.6. The molecule has 0 aromatic heterocycles. The fourth-order valence-electron chi connectivity index (χ4n) is 2.50. The lowest BCUT2D eigenvalue weighted by Gasteiger charge is -2.35. The first-order valence-electron chi connectivity index (χ1n) is 9.16. The summed E-state index contributed by atoms with van der Waals surface area (Å²) >= 11 is 7.61. The molecule has 1 N–H and O–H groups in total. The van der Waals surface area contributed by atoms with E-state index >= 15 is 0 Å². The van der Waals surface area contributed by atoms with Crippen LogP contribution in [0.25, 0.3) is 0 Å². The first-order chi connectivity index (χ1) is 16.9. The molecule has 4 nitrogen and oxygen atoms in total. The number of anilines is 1. The predicted octanol–water partition coefficient (Wildman–Crippen LogP) is 8.26. The van der Waals surface area contributed by atoms with Gasteiger partial charge < -0.3 is 5.32 Å². The normalized spacial score (nSPS) is 14.0. The highest BCUT2D eigenvalue weighted by Crippen LogP contribution is 2.54. The molecule has 0 saturated carbocycles. The van der Waals surface area contributed by atoms with Crippen LogP contribution in [0.4, 0.5) is 62.8 Å². The van der Waals surface area contributed by atoms with Crippen molar-refractivity contribution in [1.82, 2.24) is 0 Å². The van der Waals surface area contributed by atoms with Crippen molar-refractivity contribution in [3.05, 3.63) is 62.2 Å². The van der Waals surface area contributed by atoms with Gasteiger partial charge in [0.2, 0.25) is 0 Å². The minimum Gasteiger partial charge on any atom is -0.322 e. The van der Waals surface area contributed by atoms with Gasteiger partial charge in [-0.05, 0) is 52.9 Å². The van der Waals surface area contributed by atoms with E-state index < -0.39 is 53.7 Å². The van der Waals surface area contributed by atoms with Gasteiger partial charge in [0.15, 0.2) is 0 Å². The first kappa shape index (κ1) is 32.2. The number of carbonyl (C=O) groups excluding carboxylic acids is 1. The number of hydrogen-bond acceptors (Lipinski definition) is 3. The summed E-state index contributed by atoms with van der Waals surface area (Å²) in [7, 11) is 0. The zero-order valence-corrected chi connectivity index (χ0v) is 20.3. The molecule has 2 rings (SSSR count). The summed E-state index contributed by atoms with van der Waals surface area (Å²) in [5, 5.41) is 1.84. The van der Waals surface area contributed by atoms with Crippen LogP contribution in [0.2, 0.25) is 5.02 Å². The van der Waals surface area contributed by atoms with Gasteiger partial charge >= 0.3 is 36.5 Å². The second kappa shape index (κ2) is 10.5. The summed E-state index contributed by atoms with van der Waals surface area (Å²) in [6, 6.07) is 5.60. The molecule has 0 radical (unpaired) electrons. The van der Waals surface area contributed by atoms with E-state index in [-0.39, 0.29) is 22.7 Å². The molecular weight excluding hydrogens is 700 g/mol. The van der Waals surface area contributed by atoms with E-state index in [0.29, 0.717) is 9.64 Å². The third-order valence-corrected chi connectivity index (χ3v) is 5.25. The predicted molar refractivity (Wildman–Crippen MR) is 110 cm³/mol. The number of amides is 1. The molecule has 0 atom stereocenters. The molecule has 0 aliphatic carbocycles. The number of halogens is 15. The van der Waals surface area contributed by atoms with Crippen molar-refractivity contribution < 1.29 is 71.3 Å². The summed E-state index contributed by atoms with van der Waals surface area (Å²) in [5.41, 5.74) is -2.86. The smallest absolute Gasteiger partial charge is 0.322 e. The quantitative estimate of drug-likeness (QED) is 0.211. The number of rotatable bonds is 9. The minimum absolute atomic E-state index is 0.0641. The minimum atomic E-state index is -7.53. The van der Waals surface area contributed by atoms with E-state index in [1.54, 1.807) is 27.3 Å². The van der Waals surface area contributed by atoms with Crippen molar-refractivity contribution in [1.29, 1.82) is 0 Å². The SMILES string of the molecule is O=C(Nc1cccc(C(F)(F)C(F)(F)OC(F)(F)C(F)(F)C(F)(F)OC(F)(F)F)c1)c1cc(I)ccc1Cl. The Morgan fingerprint density at radius 2 is 1.32 bits per heavy atom. The van der Waals surface area contributed by atoms with Gasteiger partial charge in [0.1, 0.15) is 0 Å². The highest BCUT2D eigenvalue weighted by molar-refractivity contribution is 14.1. The molecule has 212 valence electrons. The fourth-order valence-corrected chi connectivity index (χ4v) is 3.19. The van der Waals surface area contributed by atoms with E-state index in [0.717, 1.165) is 6.07 Å². The Labute approximate surface area is 221 Å². The standard InChI is InChI=1S/C19H8ClF13INO3/c20-12-5-4-9(34)7-11(12)13(36)35-10-3-1-2-8(6-10)14(21,22)16(25,26)37-17(27,28)15(23,24)18(29,30)38-19(31,32)33/h1-7H,(H,35,36). The van der Waals surface area contributed by atoms with Gasteiger partial charge in [-0.25, -0.2) is 9.47 Å². The van der Waals surface area contributed by atoms with Crippen molar-refractivity contribution in [2.45, 2.75) is 36.5 Å². The van der Waals surface area contributed by atoms with E-state index in [1.165, 1.54) is 18.2 Å². The zero-order valence-electron chi connectivity index (χ0n) is 17.4. The Balaban J connectivity index is 2.36. The largest absolute Gasteiger partial charge is 0.527 e. The van der Waals surface area contributed by atoms with Crippen molar-refractivity contribution in [3.8, 4) is 0 Å². The number of nitrogens with one attached hydrogen (secondary N) is 1. The van der Waals surface area contributed by atoms with Gasteiger partial charge in [0.05, 0.1) is 10.6 Å². The molecule has 38 heavy (non-hydrogen) atoms. The molecule has 0 aliphatic rings. The van der Waals surface area contributed by atoms with Crippen LogP contribution in [0.15, 0.2) is 42.5 Å². The molecule has 0 unspecified atom stereocenters. The Morgan fingerprint density at radius 1 is 0.763 bits per heavy atom. The molecule has 2 aromatic carbocycles. The third-order valence-electron chi connectivity index (χ3n) is 4.25. The maximum Gasteiger partial charge on any atom is 0.527 e. The van der Waals surface area contributed by atoms with Gasteiger partial charge in [0, 0.05) is 14.8 Å². The van der Waals surface area contributed by atoms with Crippen molar-refractivity contribution >= 4 is 45.8 Å². The molecular formula is C19H8ClF13INO3.